The molecule has 1 amide bonds. The van der Waals surface area contributed by atoms with E-state index >= 15 is 0 Å². The number of hydrogen-bond acceptors (Lipinski definition) is 4. The zero-order valence-corrected chi connectivity index (χ0v) is 11.4. The number of amides is 1. The second-order valence-corrected chi connectivity index (χ2v) is 5.78. The number of aromatic carboxylic acids is 1. The van der Waals surface area contributed by atoms with Crippen LogP contribution in [0.1, 0.15) is 17.3 Å². The van der Waals surface area contributed by atoms with Crippen molar-refractivity contribution >= 4 is 21.9 Å². The number of hydrogen-bond donors (Lipinski definition) is 2. The van der Waals surface area contributed by atoms with Crippen LogP contribution in [0.4, 0.5) is 4.39 Å². The molecule has 7 nitrogen and oxygen atoms in total. The summed E-state index contributed by atoms with van der Waals surface area (Å²) in [6.45, 7) is 0.909. The number of carboxylic acids is 1. The molecule has 0 aliphatic carbocycles. The van der Waals surface area contributed by atoms with Gasteiger partial charge in [0.1, 0.15) is 5.82 Å². The Bertz CT molecular complexity index is 644. The topological polar surface area (TPSA) is 118 Å². The monoisotopic (exact) mass is 304 g/mol. The zero-order chi connectivity index (χ0) is 15.5. The van der Waals surface area contributed by atoms with Crippen LogP contribution in [0.2, 0.25) is 0 Å². The van der Waals surface area contributed by atoms with Crippen LogP contribution in [-0.4, -0.2) is 42.8 Å². The maximum absolute atomic E-state index is 13.2. The largest absolute Gasteiger partial charge is 0.478 e. The number of rotatable bonds is 6. The highest BCUT2D eigenvalue weighted by Crippen LogP contribution is 2.19. The predicted octanol–water partition coefficient (Wildman–Crippen LogP) is 0.0198. The normalized spacial score (nSPS) is 11.6. The molecule has 0 spiro atoms. The van der Waals surface area contributed by atoms with E-state index in [9.17, 15) is 22.4 Å². The average molecular weight is 304 g/mol. The first-order valence-corrected chi connectivity index (χ1v) is 6.95. The lowest BCUT2D eigenvalue weighted by atomic mass is 10.2. The van der Waals surface area contributed by atoms with Gasteiger partial charge in [0, 0.05) is 6.54 Å². The molecule has 0 aliphatic heterocycles. The SMILES string of the molecule is CCN(CC(N)=O)S(=O)(=O)c1ccc(F)c(C(=O)O)c1. The number of nitrogens with zero attached hydrogens (tertiary/aromatic N) is 1. The van der Waals surface area contributed by atoms with Gasteiger partial charge >= 0.3 is 5.97 Å². The molecule has 3 N–H and O–H groups in total. The number of carbonyl (C=O) groups is 2. The van der Waals surface area contributed by atoms with E-state index in [1.165, 1.54) is 6.92 Å². The number of halogens is 1. The Kier molecular flexibility index (Phi) is 4.79. The van der Waals surface area contributed by atoms with Crippen LogP contribution < -0.4 is 5.73 Å². The Balaban J connectivity index is 3.31. The van der Waals surface area contributed by atoms with E-state index < -0.39 is 44.7 Å². The first-order valence-electron chi connectivity index (χ1n) is 5.51. The first-order chi connectivity index (χ1) is 9.20. The minimum atomic E-state index is -4.12. The summed E-state index contributed by atoms with van der Waals surface area (Å²) in [5.74, 6) is -3.48. The van der Waals surface area contributed by atoms with Gasteiger partial charge in [-0.1, -0.05) is 6.92 Å². The van der Waals surface area contributed by atoms with Crippen molar-refractivity contribution in [2.75, 3.05) is 13.1 Å². The Labute approximate surface area is 114 Å². The van der Waals surface area contributed by atoms with Gasteiger partial charge in [-0.25, -0.2) is 17.6 Å². The molecule has 1 aromatic rings. The Morgan fingerprint density at radius 2 is 2.00 bits per heavy atom. The van der Waals surface area contributed by atoms with Gasteiger partial charge in [0.05, 0.1) is 17.0 Å². The Hall–Kier alpha value is -2.00. The van der Waals surface area contributed by atoms with Crippen LogP contribution in [0.25, 0.3) is 0 Å². The molecule has 9 heteroatoms. The molecule has 1 aromatic carbocycles. The van der Waals surface area contributed by atoms with Crippen molar-refractivity contribution in [3.05, 3.63) is 29.6 Å². The summed E-state index contributed by atoms with van der Waals surface area (Å²) in [6, 6.07) is 2.38. The van der Waals surface area contributed by atoms with Crippen LogP contribution >= 0.6 is 0 Å². The van der Waals surface area contributed by atoms with E-state index in [-0.39, 0.29) is 6.54 Å². The fraction of sp³-hybridized carbons (Fsp3) is 0.273. The number of benzene rings is 1. The summed E-state index contributed by atoms with van der Waals surface area (Å²) in [4.78, 5) is 21.2. The molecule has 0 unspecified atom stereocenters. The molecule has 20 heavy (non-hydrogen) atoms. The zero-order valence-electron chi connectivity index (χ0n) is 10.5. The number of carbonyl (C=O) groups excluding carboxylic acids is 1. The van der Waals surface area contributed by atoms with Crippen molar-refractivity contribution in [1.82, 2.24) is 4.31 Å². The molecule has 0 heterocycles. The lowest BCUT2D eigenvalue weighted by molar-refractivity contribution is -0.118. The smallest absolute Gasteiger partial charge is 0.338 e. The van der Waals surface area contributed by atoms with Gasteiger partial charge in [-0.3, -0.25) is 4.79 Å². The van der Waals surface area contributed by atoms with Crippen LogP contribution in [-0.2, 0) is 14.8 Å². The highest BCUT2D eigenvalue weighted by Gasteiger charge is 2.26. The third-order valence-corrected chi connectivity index (χ3v) is 4.41. The predicted molar refractivity (Wildman–Crippen MR) is 67.0 cm³/mol. The van der Waals surface area contributed by atoms with Gasteiger partial charge < -0.3 is 10.8 Å². The maximum atomic E-state index is 13.2. The standard InChI is InChI=1S/C11H13FN2O5S/c1-2-14(6-10(13)15)20(18,19)7-3-4-9(12)8(5-7)11(16)17/h3-5H,2,6H2,1H3,(H2,13,15)(H,16,17). The maximum Gasteiger partial charge on any atom is 0.338 e. The number of carboxylic acid groups (broad SMARTS) is 1. The number of primary amides is 1. The van der Waals surface area contributed by atoms with Crippen molar-refractivity contribution < 1.29 is 27.5 Å². The van der Waals surface area contributed by atoms with E-state index in [0.717, 1.165) is 16.4 Å². The van der Waals surface area contributed by atoms with Crippen molar-refractivity contribution in [3.63, 3.8) is 0 Å². The molecule has 0 aromatic heterocycles. The van der Waals surface area contributed by atoms with Crippen molar-refractivity contribution in [2.24, 2.45) is 5.73 Å². The average Bonchev–Trinajstić information content (AvgIpc) is 2.35. The van der Waals surface area contributed by atoms with Gasteiger partial charge in [0.2, 0.25) is 15.9 Å². The van der Waals surface area contributed by atoms with Crippen LogP contribution in [0.3, 0.4) is 0 Å². The molecule has 0 atom stereocenters. The number of sulfonamides is 1. The van der Waals surface area contributed by atoms with E-state index in [0.29, 0.717) is 6.07 Å². The van der Waals surface area contributed by atoms with Crippen molar-refractivity contribution in [3.8, 4) is 0 Å². The van der Waals surface area contributed by atoms with Crippen molar-refractivity contribution in [2.45, 2.75) is 11.8 Å². The third-order valence-electron chi connectivity index (χ3n) is 2.49. The van der Waals surface area contributed by atoms with Gasteiger partial charge in [-0.05, 0) is 18.2 Å². The van der Waals surface area contributed by atoms with Crippen LogP contribution in [0.15, 0.2) is 23.1 Å². The molecule has 1 rings (SSSR count). The Morgan fingerprint density at radius 3 is 2.45 bits per heavy atom. The molecule has 0 bridgehead atoms. The van der Waals surface area contributed by atoms with Gasteiger partial charge in [0.25, 0.3) is 0 Å². The van der Waals surface area contributed by atoms with E-state index in [4.69, 9.17) is 10.8 Å². The summed E-state index contributed by atoms with van der Waals surface area (Å²) >= 11 is 0. The summed E-state index contributed by atoms with van der Waals surface area (Å²) in [5, 5.41) is 8.77. The molecule has 0 aliphatic rings. The molecule has 0 radical (unpaired) electrons. The van der Waals surface area contributed by atoms with Gasteiger partial charge in [-0.15, -0.1) is 0 Å². The van der Waals surface area contributed by atoms with E-state index in [2.05, 4.69) is 0 Å². The van der Waals surface area contributed by atoms with Crippen LogP contribution in [0, 0.1) is 5.82 Å². The molecule has 110 valence electrons. The van der Waals surface area contributed by atoms with Gasteiger partial charge in [0.15, 0.2) is 0 Å². The summed E-state index contributed by atoms with van der Waals surface area (Å²) < 4.78 is 38.4. The third kappa shape index (κ3) is 3.31. The highest BCUT2D eigenvalue weighted by molar-refractivity contribution is 7.89. The second-order valence-electron chi connectivity index (χ2n) is 3.84. The minimum Gasteiger partial charge on any atom is -0.478 e. The summed E-state index contributed by atoms with van der Waals surface area (Å²) in [5.41, 5.74) is 4.18. The summed E-state index contributed by atoms with van der Waals surface area (Å²) in [7, 11) is -4.12. The Morgan fingerprint density at radius 1 is 1.40 bits per heavy atom. The minimum absolute atomic E-state index is 0.0367. The van der Waals surface area contributed by atoms with Gasteiger partial charge in [-0.2, -0.15) is 4.31 Å². The molecular formula is C11H13FN2O5S. The second kappa shape index (κ2) is 5.97. The number of nitrogens with two attached hydrogens (primary N) is 1. The van der Waals surface area contributed by atoms with E-state index in [1.54, 1.807) is 0 Å². The van der Waals surface area contributed by atoms with Crippen molar-refractivity contribution in [1.29, 1.82) is 0 Å². The molecular weight excluding hydrogens is 291 g/mol. The summed E-state index contributed by atoms with van der Waals surface area (Å²) in [6.07, 6.45) is 0. The highest BCUT2D eigenvalue weighted by atomic mass is 32.2. The first kappa shape index (κ1) is 16.1. The molecule has 0 fully saturated rings. The quantitative estimate of drug-likeness (QED) is 0.768. The molecule has 0 saturated heterocycles. The fourth-order valence-corrected chi connectivity index (χ4v) is 2.96. The van der Waals surface area contributed by atoms with Crippen LogP contribution in [0.5, 0.6) is 0 Å². The lowest BCUT2D eigenvalue weighted by Gasteiger charge is -2.19. The number of likely N-dealkylation sites (N-methyl/N-ethyl adjacent to an activating group) is 1. The molecule has 0 saturated carbocycles. The lowest BCUT2D eigenvalue weighted by Crippen LogP contribution is -2.38. The fourth-order valence-electron chi connectivity index (χ4n) is 1.52. The van der Waals surface area contributed by atoms with E-state index in [1.807, 2.05) is 0 Å².